The number of aliphatic hydroxyl groups is 1. The largest absolute Gasteiger partial charge is 0.395 e. The summed E-state index contributed by atoms with van der Waals surface area (Å²) in [7, 11) is 0. The fraction of sp³-hybridized carbons (Fsp3) is 0.727. The van der Waals surface area contributed by atoms with Crippen LogP contribution in [0.15, 0.2) is 12.2 Å². The molecule has 0 heterocycles. The predicted octanol–water partition coefficient (Wildman–Crippen LogP) is 1.62. The van der Waals surface area contributed by atoms with Crippen LogP contribution in [-0.4, -0.2) is 24.2 Å². The molecule has 0 spiro atoms. The molecular formula is C11H21NO2. The first-order chi connectivity index (χ1) is 6.81. The second-order valence-corrected chi connectivity index (χ2v) is 3.23. The molecule has 0 bridgehead atoms. The zero-order valence-corrected chi connectivity index (χ0v) is 8.96. The van der Waals surface area contributed by atoms with Crippen LogP contribution >= 0.6 is 0 Å². The van der Waals surface area contributed by atoms with Gasteiger partial charge in [-0.2, -0.15) is 0 Å². The SMILES string of the molecule is CCC/C=C\CCCC(=O)NCCO. The minimum Gasteiger partial charge on any atom is -0.395 e. The van der Waals surface area contributed by atoms with E-state index in [-0.39, 0.29) is 12.5 Å². The van der Waals surface area contributed by atoms with Gasteiger partial charge in [-0.15, -0.1) is 0 Å². The molecule has 0 saturated carbocycles. The summed E-state index contributed by atoms with van der Waals surface area (Å²) in [6, 6.07) is 0. The number of hydrogen-bond donors (Lipinski definition) is 2. The van der Waals surface area contributed by atoms with E-state index in [4.69, 9.17) is 5.11 Å². The average molecular weight is 199 g/mol. The zero-order valence-electron chi connectivity index (χ0n) is 8.96. The van der Waals surface area contributed by atoms with E-state index in [1.54, 1.807) is 0 Å². The highest BCUT2D eigenvalue weighted by molar-refractivity contribution is 5.75. The summed E-state index contributed by atoms with van der Waals surface area (Å²) in [4.78, 5) is 11.0. The lowest BCUT2D eigenvalue weighted by Gasteiger charge is -2.00. The van der Waals surface area contributed by atoms with E-state index >= 15 is 0 Å². The molecule has 3 heteroatoms. The van der Waals surface area contributed by atoms with Gasteiger partial charge in [-0.05, 0) is 19.3 Å². The first kappa shape index (κ1) is 13.2. The van der Waals surface area contributed by atoms with Crippen LogP contribution in [0.4, 0.5) is 0 Å². The molecule has 0 rings (SSSR count). The molecule has 0 radical (unpaired) electrons. The van der Waals surface area contributed by atoms with Crippen LogP contribution in [0.25, 0.3) is 0 Å². The molecule has 82 valence electrons. The molecule has 0 fully saturated rings. The van der Waals surface area contributed by atoms with E-state index in [1.165, 1.54) is 6.42 Å². The molecule has 3 nitrogen and oxygen atoms in total. The standard InChI is InChI=1S/C11H21NO2/c1-2-3-4-5-6-7-8-11(14)12-9-10-13/h4-5,13H,2-3,6-10H2,1H3,(H,12,14)/b5-4-. The van der Waals surface area contributed by atoms with Gasteiger partial charge in [0.15, 0.2) is 0 Å². The van der Waals surface area contributed by atoms with Crippen LogP contribution < -0.4 is 5.32 Å². The molecule has 0 aromatic heterocycles. The van der Waals surface area contributed by atoms with Crippen molar-refractivity contribution in [2.75, 3.05) is 13.2 Å². The van der Waals surface area contributed by atoms with Crippen LogP contribution in [0.2, 0.25) is 0 Å². The van der Waals surface area contributed by atoms with Gasteiger partial charge in [-0.1, -0.05) is 25.5 Å². The molecule has 0 unspecified atom stereocenters. The first-order valence-electron chi connectivity index (χ1n) is 5.33. The summed E-state index contributed by atoms with van der Waals surface area (Å²) in [6.07, 6.45) is 8.99. The molecule has 0 aliphatic carbocycles. The summed E-state index contributed by atoms with van der Waals surface area (Å²) in [5, 5.41) is 11.1. The van der Waals surface area contributed by atoms with Crippen molar-refractivity contribution in [1.82, 2.24) is 5.32 Å². The molecule has 0 aliphatic heterocycles. The van der Waals surface area contributed by atoms with E-state index in [0.29, 0.717) is 13.0 Å². The monoisotopic (exact) mass is 199 g/mol. The minimum absolute atomic E-state index is 0.0160. The van der Waals surface area contributed by atoms with E-state index in [1.807, 2.05) is 0 Å². The summed E-state index contributed by atoms with van der Waals surface area (Å²) in [5.74, 6) is 0.0305. The number of unbranched alkanes of at least 4 members (excludes halogenated alkanes) is 2. The molecule has 0 saturated heterocycles. The van der Waals surface area contributed by atoms with Crippen molar-refractivity contribution >= 4 is 5.91 Å². The number of amides is 1. The van der Waals surface area contributed by atoms with Crippen molar-refractivity contribution in [3.05, 3.63) is 12.2 Å². The third-order valence-corrected chi connectivity index (χ3v) is 1.83. The summed E-state index contributed by atoms with van der Waals surface area (Å²) >= 11 is 0. The Morgan fingerprint density at radius 3 is 2.71 bits per heavy atom. The fourth-order valence-corrected chi connectivity index (χ4v) is 1.07. The Hall–Kier alpha value is -0.830. The quantitative estimate of drug-likeness (QED) is 0.461. The maximum absolute atomic E-state index is 11.0. The van der Waals surface area contributed by atoms with E-state index in [9.17, 15) is 4.79 Å². The number of aliphatic hydroxyl groups excluding tert-OH is 1. The summed E-state index contributed by atoms with van der Waals surface area (Å²) < 4.78 is 0. The fourth-order valence-electron chi connectivity index (χ4n) is 1.07. The third kappa shape index (κ3) is 9.26. The number of carbonyl (C=O) groups is 1. The number of rotatable bonds is 8. The Kier molecular flexibility index (Phi) is 9.64. The lowest BCUT2D eigenvalue weighted by atomic mass is 10.2. The Morgan fingerprint density at radius 2 is 2.07 bits per heavy atom. The van der Waals surface area contributed by atoms with Crippen molar-refractivity contribution in [3.8, 4) is 0 Å². The zero-order chi connectivity index (χ0) is 10.6. The highest BCUT2D eigenvalue weighted by Gasteiger charge is 1.97. The number of hydrogen-bond acceptors (Lipinski definition) is 2. The maximum Gasteiger partial charge on any atom is 0.220 e. The smallest absolute Gasteiger partial charge is 0.220 e. The molecule has 0 aromatic carbocycles. The molecule has 1 amide bonds. The number of nitrogens with one attached hydrogen (secondary N) is 1. The number of allylic oxidation sites excluding steroid dienone is 2. The number of carbonyl (C=O) groups excluding carboxylic acids is 1. The topological polar surface area (TPSA) is 49.3 Å². The molecule has 0 aliphatic rings. The lowest BCUT2D eigenvalue weighted by molar-refractivity contribution is -0.121. The molecule has 14 heavy (non-hydrogen) atoms. The Bertz CT molecular complexity index is 167. The van der Waals surface area contributed by atoms with Crippen molar-refractivity contribution in [3.63, 3.8) is 0 Å². The Labute approximate surface area is 86.2 Å². The highest BCUT2D eigenvalue weighted by Crippen LogP contribution is 1.98. The summed E-state index contributed by atoms with van der Waals surface area (Å²) in [5.41, 5.74) is 0. The lowest BCUT2D eigenvalue weighted by Crippen LogP contribution is -2.25. The van der Waals surface area contributed by atoms with Gasteiger partial charge in [0.2, 0.25) is 5.91 Å². The van der Waals surface area contributed by atoms with Crippen LogP contribution in [0.1, 0.15) is 39.0 Å². The van der Waals surface area contributed by atoms with Gasteiger partial charge in [-0.3, -0.25) is 4.79 Å². The van der Waals surface area contributed by atoms with Gasteiger partial charge in [-0.25, -0.2) is 0 Å². The van der Waals surface area contributed by atoms with Crippen LogP contribution in [0, 0.1) is 0 Å². The van der Waals surface area contributed by atoms with Gasteiger partial charge < -0.3 is 10.4 Å². The van der Waals surface area contributed by atoms with Gasteiger partial charge in [0.05, 0.1) is 6.61 Å². The normalized spacial score (nSPS) is 10.7. The van der Waals surface area contributed by atoms with E-state index < -0.39 is 0 Å². The maximum atomic E-state index is 11.0. The Balaban J connectivity index is 3.22. The van der Waals surface area contributed by atoms with Crippen molar-refractivity contribution < 1.29 is 9.90 Å². The molecule has 0 aromatic rings. The van der Waals surface area contributed by atoms with Crippen molar-refractivity contribution in [1.29, 1.82) is 0 Å². The van der Waals surface area contributed by atoms with Gasteiger partial charge in [0.1, 0.15) is 0 Å². The minimum atomic E-state index is 0.0160. The molecular weight excluding hydrogens is 178 g/mol. The molecule has 0 atom stereocenters. The predicted molar refractivity (Wildman–Crippen MR) is 58.0 cm³/mol. The van der Waals surface area contributed by atoms with E-state index in [0.717, 1.165) is 19.3 Å². The van der Waals surface area contributed by atoms with Gasteiger partial charge in [0, 0.05) is 13.0 Å². The third-order valence-electron chi connectivity index (χ3n) is 1.83. The Morgan fingerprint density at radius 1 is 1.36 bits per heavy atom. The van der Waals surface area contributed by atoms with Crippen LogP contribution in [0.3, 0.4) is 0 Å². The summed E-state index contributed by atoms with van der Waals surface area (Å²) in [6.45, 7) is 2.53. The molecule has 2 N–H and O–H groups in total. The second-order valence-electron chi connectivity index (χ2n) is 3.23. The average Bonchev–Trinajstić information content (AvgIpc) is 2.20. The van der Waals surface area contributed by atoms with Crippen LogP contribution in [-0.2, 0) is 4.79 Å². The van der Waals surface area contributed by atoms with Gasteiger partial charge >= 0.3 is 0 Å². The van der Waals surface area contributed by atoms with Gasteiger partial charge in [0.25, 0.3) is 0 Å². The van der Waals surface area contributed by atoms with E-state index in [2.05, 4.69) is 24.4 Å². The van der Waals surface area contributed by atoms with Crippen molar-refractivity contribution in [2.45, 2.75) is 39.0 Å². The highest BCUT2D eigenvalue weighted by atomic mass is 16.3. The second kappa shape index (κ2) is 10.3. The van der Waals surface area contributed by atoms with Crippen LogP contribution in [0.5, 0.6) is 0 Å². The first-order valence-corrected chi connectivity index (χ1v) is 5.33. The van der Waals surface area contributed by atoms with Crippen molar-refractivity contribution in [2.24, 2.45) is 0 Å².